The molecule has 0 saturated carbocycles. The Bertz CT molecular complexity index is 961. The predicted molar refractivity (Wildman–Crippen MR) is 110 cm³/mol. The fourth-order valence-corrected chi connectivity index (χ4v) is 4.26. The first-order valence-corrected chi connectivity index (χ1v) is 10.8. The van der Waals surface area contributed by atoms with E-state index in [1.807, 2.05) is 6.07 Å². The van der Waals surface area contributed by atoms with Crippen LogP contribution in [0, 0.1) is 0 Å². The van der Waals surface area contributed by atoms with Crippen molar-refractivity contribution in [1.82, 2.24) is 15.0 Å². The van der Waals surface area contributed by atoms with Gasteiger partial charge in [-0.15, -0.1) is 11.3 Å². The van der Waals surface area contributed by atoms with E-state index in [-0.39, 0.29) is 17.6 Å². The molecule has 10 heteroatoms. The number of rotatable bonds is 10. The number of benzene rings is 1. The molecule has 4 rings (SSSR count). The quantitative estimate of drug-likeness (QED) is 0.447. The second-order valence-corrected chi connectivity index (χ2v) is 8.17. The molecule has 0 spiro atoms. The van der Waals surface area contributed by atoms with Crippen molar-refractivity contribution in [2.75, 3.05) is 20.3 Å². The zero-order valence-electron chi connectivity index (χ0n) is 17.0. The van der Waals surface area contributed by atoms with Gasteiger partial charge in [0.1, 0.15) is 0 Å². The van der Waals surface area contributed by atoms with Crippen LogP contribution in [0.4, 0.5) is 8.78 Å². The van der Waals surface area contributed by atoms with Gasteiger partial charge < -0.3 is 18.7 Å². The molecule has 31 heavy (non-hydrogen) atoms. The van der Waals surface area contributed by atoms with Gasteiger partial charge in [-0.1, -0.05) is 11.2 Å². The summed E-state index contributed by atoms with van der Waals surface area (Å²) in [6.45, 7) is -0.106. The molecule has 2 aromatic heterocycles. The van der Waals surface area contributed by atoms with Gasteiger partial charge in [-0.05, 0) is 42.5 Å². The first kappa shape index (κ1) is 21.7. The number of hydrogen-bond donors (Lipinski definition) is 0. The maximum atomic E-state index is 12.5. The van der Waals surface area contributed by atoms with Gasteiger partial charge in [-0.3, -0.25) is 4.90 Å². The molecular formula is C21H23F2N3O4S. The van der Waals surface area contributed by atoms with Crippen LogP contribution in [-0.2, 0) is 17.8 Å². The van der Waals surface area contributed by atoms with Crippen LogP contribution in [0.25, 0.3) is 11.4 Å². The van der Waals surface area contributed by atoms with Crippen LogP contribution in [0.1, 0.15) is 23.6 Å². The van der Waals surface area contributed by atoms with Gasteiger partial charge >= 0.3 is 6.61 Å². The Morgan fingerprint density at radius 1 is 1.26 bits per heavy atom. The SMILES string of the molecule is COc1cc(-c2noc(CN(Cc3cccs3)CC3CCCO3)n2)ccc1OC(F)F. The smallest absolute Gasteiger partial charge is 0.387 e. The van der Waals surface area contributed by atoms with Crippen LogP contribution in [0.2, 0.25) is 0 Å². The fourth-order valence-electron chi connectivity index (χ4n) is 3.51. The summed E-state index contributed by atoms with van der Waals surface area (Å²) in [6, 6.07) is 8.66. The molecule has 0 bridgehead atoms. The Hall–Kier alpha value is -2.56. The van der Waals surface area contributed by atoms with Crippen molar-refractivity contribution in [2.45, 2.75) is 38.6 Å². The van der Waals surface area contributed by atoms with Crippen LogP contribution in [0.15, 0.2) is 40.2 Å². The van der Waals surface area contributed by atoms with Crippen LogP contribution in [-0.4, -0.2) is 48.0 Å². The molecule has 7 nitrogen and oxygen atoms in total. The highest BCUT2D eigenvalue weighted by Crippen LogP contribution is 2.32. The Balaban J connectivity index is 1.48. The second-order valence-electron chi connectivity index (χ2n) is 7.14. The van der Waals surface area contributed by atoms with Crippen LogP contribution in [0.3, 0.4) is 0 Å². The zero-order chi connectivity index (χ0) is 21.6. The van der Waals surface area contributed by atoms with E-state index in [0.717, 1.165) is 32.5 Å². The third-order valence-electron chi connectivity index (χ3n) is 4.91. The lowest BCUT2D eigenvalue weighted by Crippen LogP contribution is -2.31. The summed E-state index contributed by atoms with van der Waals surface area (Å²) >= 11 is 1.70. The van der Waals surface area contributed by atoms with Crippen molar-refractivity contribution < 1.29 is 27.5 Å². The monoisotopic (exact) mass is 451 g/mol. The number of halogens is 2. The number of thiophene rings is 1. The molecular weight excluding hydrogens is 428 g/mol. The topological polar surface area (TPSA) is 69.9 Å². The summed E-state index contributed by atoms with van der Waals surface area (Å²) < 4.78 is 45.9. The van der Waals surface area contributed by atoms with E-state index in [0.29, 0.717) is 23.8 Å². The van der Waals surface area contributed by atoms with Gasteiger partial charge in [0.05, 0.1) is 19.8 Å². The Morgan fingerprint density at radius 2 is 2.16 bits per heavy atom. The molecule has 1 aliphatic rings. The lowest BCUT2D eigenvalue weighted by molar-refractivity contribution is -0.0512. The highest BCUT2D eigenvalue weighted by Gasteiger charge is 2.22. The molecule has 3 aromatic rings. The lowest BCUT2D eigenvalue weighted by Gasteiger charge is -2.23. The number of hydrogen-bond acceptors (Lipinski definition) is 8. The van der Waals surface area contributed by atoms with E-state index in [1.54, 1.807) is 23.5 Å². The van der Waals surface area contributed by atoms with Gasteiger partial charge in [0.2, 0.25) is 11.7 Å². The summed E-state index contributed by atoms with van der Waals surface area (Å²) in [5.41, 5.74) is 0.581. The Labute approximate surface area is 182 Å². The molecule has 1 fully saturated rings. The number of alkyl halides is 2. The Kier molecular flexibility index (Phi) is 7.10. The van der Waals surface area contributed by atoms with Crippen LogP contribution in [0.5, 0.6) is 11.5 Å². The number of nitrogens with zero attached hydrogens (tertiary/aromatic N) is 3. The van der Waals surface area contributed by atoms with Crippen LogP contribution >= 0.6 is 11.3 Å². The molecule has 0 N–H and O–H groups in total. The number of aromatic nitrogens is 2. The van der Waals surface area contributed by atoms with E-state index in [4.69, 9.17) is 14.0 Å². The maximum Gasteiger partial charge on any atom is 0.387 e. The molecule has 1 atom stereocenters. The number of methoxy groups -OCH3 is 1. The largest absolute Gasteiger partial charge is 0.493 e. The lowest BCUT2D eigenvalue weighted by atomic mass is 10.2. The van der Waals surface area contributed by atoms with Crippen molar-refractivity contribution >= 4 is 11.3 Å². The molecule has 3 heterocycles. The summed E-state index contributed by atoms with van der Waals surface area (Å²) in [6.07, 6.45) is 2.33. The minimum absolute atomic E-state index is 0.0522. The third kappa shape index (κ3) is 5.78. The van der Waals surface area contributed by atoms with Crippen molar-refractivity contribution in [3.8, 4) is 22.9 Å². The average molecular weight is 451 g/mol. The van der Waals surface area contributed by atoms with Gasteiger partial charge in [-0.2, -0.15) is 13.8 Å². The van der Waals surface area contributed by atoms with Crippen molar-refractivity contribution in [3.05, 3.63) is 46.5 Å². The van der Waals surface area contributed by atoms with Gasteiger partial charge in [0, 0.05) is 30.1 Å². The van der Waals surface area contributed by atoms with Gasteiger partial charge in [0.25, 0.3) is 0 Å². The van der Waals surface area contributed by atoms with Crippen molar-refractivity contribution in [2.24, 2.45) is 0 Å². The Morgan fingerprint density at radius 3 is 2.87 bits per heavy atom. The zero-order valence-corrected chi connectivity index (χ0v) is 17.8. The average Bonchev–Trinajstić information content (AvgIpc) is 3.51. The summed E-state index contributed by atoms with van der Waals surface area (Å²) in [5, 5.41) is 6.10. The molecule has 1 saturated heterocycles. The summed E-state index contributed by atoms with van der Waals surface area (Å²) in [4.78, 5) is 7.97. The molecule has 166 valence electrons. The van der Waals surface area contributed by atoms with E-state index >= 15 is 0 Å². The summed E-state index contributed by atoms with van der Waals surface area (Å²) in [5.74, 6) is 0.937. The van der Waals surface area contributed by atoms with Crippen molar-refractivity contribution in [3.63, 3.8) is 0 Å². The molecule has 0 aliphatic carbocycles. The number of ether oxygens (including phenoxy) is 3. The van der Waals surface area contributed by atoms with Crippen molar-refractivity contribution in [1.29, 1.82) is 0 Å². The van der Waals surface area contributed by atoms with Gasteiger partial charge in [0.15, 0.2) is 11.5 Å². The molecule has 1 unspecified atom stereocenters. The minimum Gasteiger partial charge on any atom is -0.493 e. The van der Waals surface area contributed by atoms with E-state index in [1.165, 1.54) is 18.1 Å². The first-order valence-electron chi connectivity index (χ1n) is 9.93. The molecule has 0 amide bonds. The normalized spacial score (nSPS) is 16.4. The third-order valence-corrected chi connectivity index (χ3v) is 5.77. The van der Waals surface area contributed by atoms with E-state index < -0.39 is 6.61 Å². The molecule has 1 aliphatic heterocycles. The molecule has 1 aromatic carbocycles. The maximum absolute atomic E-state index is 12.5. The first-order chi connectivity index (χ1) is 15.1. The predicted octanol–water partition coefficient (Wildman–Crippen LogP) is 4.59. The minimum atomic E-state index is -2.94. The molecule has 0 radical (unpaired) electrons. The standard InChI is InChI=1S/C21H23F2N3O4S/c1-27-18-10-14(6-7-17(18)29-21(22)23)20-24-19(30-25-20)13-26(11-15-4-2-8-28-15)12-16-5-3-9-31-16/h3,5-7,9-10,15,21H,2,4,8,11-13H2,1H3. The highest BCUT2D eigenvalue weighted by atomic mass is 32.1. The highest BCUT2D eigenvalue weighted by molar-refractivity contribution is 7.09. The van der Waals surface area contributed by atoms with Gasteiger partial charge in [-0.25, -0.2) is 0 Å². The van der Waals surface area contributed by atoms with E-state index in [2.05, 4.69) is 31.2 Å². The fraction of sp³-hybridized carbons (Fsp3) is 0.429. The second kappa shape index (κ2) is 10.2. The van der Waals surface area contributed by atoms with E-state index in [9.17, 15) is 8.78 Å². The van der Waals surface area contributed by atoms with Crippen LogP contribution < -0.4 is 9.47 Å². The summed E-state index contributed by atoms with van der Waals surface area (Å²) in [7, 11) is 1.38.